The van der Waals surface area contributed by atoms with E-state index in [4.69, 9.17) is 9.47 Å². The summed E-state index contributed by atoms with van der Waals surface area (Å²) in [5.41, 5.74) is 1.94. The van der Waals surface area contributed by atoms with Crippen LogP contribution in [0.4, 0.5) is 0 Å². The van der Waals surface area contributed by atoms with Crippen LogP contribution in [0.15, 0.2) is 87.0 Å². The maximum Gasteiger partial charge on any atom is 0.331 e. The van der Waals surface area contributed by atoms with Crippen LogP contribution in [0.3, 0.4) is 0 Å². The van der Waals surface area contributed by atoms with Crippen LogP contribution in [0.1, 0.15) is 49.9 Å². The summed E-state index contributed by atoms with van der Waals surface area (Å²) in [4.78, 5) is 38.7. The molecule has 0 aliphatic rings. The molecule has 0 amide bonds. The molecule has 2 aromatic rings. The SMILES string of the molecule is C=CC(=O)OC(C)(Cc1ccc(C(=C)C)cc1)C(=O)C(C)(Cc1ccc(C(=C)C)cc1)OC(=O)C=C. The van der Waals surface area contributed by atoms with Gasteiger partial charge < -0.3 is 9.47 Å². The van der Waals surface area contributed by atoms with Crippen LogP contribution in [0.25, 0.3) is 11.1 Å². The highest BCUT2D eigenvalue weighted by molar-refractivity contribution is 5.99. The van der Waals surface area contributed by atoms with E-state index in [-0.39, 0.29) is 12.8 Å². The van der Waals surface area contributed by atoms with Crippen molar-refractivity contribution in [3.63, 3.8) is 0 Å². The second kappa shape index (κ2) is 11.6. The molecule has 0 radical (unpaired) electrons. The van der Waals surface area contributed by atoms with Gasteiger partial charge in [-0.25, -0.2) is 9.59 Å². The Kier molecular flexibility index (Phi) is 9.12. The van der Waals surface area contributed by atoms with Gasteiger partial charge in [-0.2, -0.15) is 0 Å². The van der Waals surface area contributed by atoms with Crippen LogP contribution in [-0.4, -0.2) is 28.9 Å². The number of carbonyl (C=O) groups excluding carboxylic acids is 3. The fourth-order valence-corrected chi connectivity index (χ4v) is 4.01. The predicted octanol–water partition coefficient (Wildman–Crippen LogP) is 6.08. The van der Waals surface area contributed by atoms with Crippen LogP contribution in [0, 0.1) is 0 Å². The molecule has 0 aromatic heterocycles. The third-order valence-electron chi connectivity index (χ3n) is 5.92. The van der Waals surface area contributed by atoms with E-state index in [9.17, 15) is 14.4 Å². The average molecular weight is 487 g/mol. The first-order valence-electron chi connectivity index (χ1n) is 11.6. The highest BCUT2D eigenvalue weighted by Gasteiger charge is 2.50. The van der Waals surface area contributed by atoms with Crippen molar-refractivity contribution in [2.45, 2.75) is 51.7 Å². The van der Waals surface area contributed by atoms with Crippen LogP contribution in [0.5, 0.6) is 0 Å². The standard InChI is InChI=1S/C31H34O5/c1-9-27(32)35-30(7,19-23-11-15-25(16-12-23)21(3)4)29(34)31(8,36-28(33)10-2)20-24-13-17-26(18-14-24)22(5)6/h9-18H,1-3,5,19-20H2,4,6-8H3. The molecule has 0 spiro atoms. The molecule has 5 heteroatoms. The number of hydrogen-bond acceptors (Lipinski definition) is 5. The molecular formula is C31H34O5. The van der Waals surface area contributed by atoms with E-state index in [1.54, 1.807) is 0 Å². The Hall–Kier alpha value is -3.99. The molecule has 2 aromatic carbocycles. The summed E-state index contributed by atoms with van der Waals surface area (Å²) < 4.78 is 11.3. The third kappa shape index (κ3) is 7.01. The minimum absolute atomic E-state index is 0.0672. The highest BCUT2D eigenvalue weighted by Crippen LogP contribution is 2.31. The molecule has 5 nitrogen and oxygen atoms in total. The van der Waals surface area contributed by atoms with Gasteiger partial charge in [0.25, 0.3) is 0 Å². The topological polar surface area (TPSA) is 69.7 Å². The zero-order valence-corrected chi connectivity index (χ0v) is 21.6. The molecule has 2 rings (SSSR count). The number of esters is 2. The van der Waals surface area contributed by atoms with E-state index in [2.05, 4.69) is 26.3 Å². The van der Waals surface area contributed by atoms with E-state index in [1.165, 1.54) is 13.8 Å². The summed E-state index contributed by atoms with van der Waals surface area (Å²) in [6.45, 7) is 21.6. The molecule has 0 saturated heterocycles. The number of Topliss-reactive ketones (excluding diaryl/α,β-unsaturated/α-hetero) is 1. The maximum absolute atomic E-state index is 14.1. The van der Waals surface area contributed by atoms with Crippen LogP contribution in [0.2, 0.25) is 0 Å². The fraction of sp³-hybridized carbons (Fsp3) is 0.258. The van der Waals surface area contributed by atoms with Gasteiger partial charge >= 0.3 is 11.9 Å². The second-order valence-electron chi connectivity index (χ2n) is 9.35. The van der Waals surface area contributed by atoms with Crippen LogP contribution >= 0.6 is 0 Å². The first-order chi connectivity index (χ1) is 16.8. The number of rotatable bonds is 12. The number of benzene rings is 2. The zero-order chi connectivity index (χ0) is 27.1. The Labute approximate surface area is 213 Å². The summed E-state index contributed by atoms with van der Waals surface area (Å²) in [5.74, 6) is -2.08. The monoisotopic (exact) mass is 486 g/mol. The number of allylic oxidation sites excluding steroid dienone is 2. The van der Waals surface area contributed by atoms with Crippen molar-refractivity contribution in [3.05, 3.63) is 109 Å². The van der Waals surface area contributed by atoms with E-state index < -0.39 is 28.9 Å². The highest BCUT2D eigenvalue weighted by atomic mass is 16.6. The van der Waals surface area contributed by atoms with Gasteiger partial charge in [0, 0.05) is 25.0 Å². The summed E-state index contributed by atoms with van der Waals surface area (Å²) in [6, 6.07) is 14.9. The minimum Gasteiger partial charge on any atom is -0.448 e. The van der Waals surface area contributed by atoms with Crippen molar-refractivity contribution >= 4 is 28.9 Å². The number of carbonyl (C=O) groups is 3. The van der Waals surface area contributed by atoms with E-state index in [0.29, 0.717) is 0 Å². The van der Waals surface area contributed by atoms with Gasteiger partial charge in [-0.15, -0.1) is 0 Å². The predicted molar refractivity (Wildman–Crippen MR) is 144 cm³/mol. The molecule has 0 bridgehead atoms. The van der Waals surface area contributed by atoms with Gasteiger partial charge in [-0.3, -0.25) is 4.79 Å². The lowest BCUT2D eigenvalue weighted by Gasteiger charge is -2.37. The lowest BCUT2D eigenvalue weighted by atomic mass is 9.79. The molecular weight excluding hydrogens is 452 g/mol. The van der Waals surface area contributed by atoms with Crippen molar-refractivity contribution in [1.82, 2.24) is 0 Å². The average Bonchev–Trinajstić information content (AvgIpc) is 2.83. The van der Waals surface area contributed by atoms with E-state index >= 15 is 0 Å². The Morgan fingerprint density at radius 3 is 1.25 bits per heavy atom. The maximum atomic E-state index is 14.1. The first-order valence-corrected chi connectivity index (χ1v) is 11.6. The molecule has 0 aliphatic heterocycles. The normalized spacial score (nSPS) is 13.9. The fourth-order valence-electron chi connectivity index (χ4n) is 4.01. The zero-order valence-electron chi connectivity index (χ0n) is 21.6. The Balaban J connectivity index is 2.51. The second-order valence-corrected chi connectivity index (χ2v) is 9.35. The van der Waals surface area contributed by atoms with Gasteiger partial charge in [0.15, 0.2) is 11.2 Å². The van der Waals surface area contributed by atoms with Crippen molar-refractivity contribution in [1.29, 1.82) is 0 Å². The summed E-state index contributed by atoms with van der Waals surface area (Å²) in [6.07, 6.45) is 2.13. The van der Waals surface area contributed by atoms with Gasteiger partial charge in [0.1, 0.15) is 0 Å². The number of ether oxygens (including phenoxy) is 2. The van der Waals surface area contributed by atoms with Gasteiger partial charge in [-0.05, 0) is 49.9 Å². The molecule has 188 valence electrons. The molecule has 0 fully saturated rings. The molecule has 2 atom stereocenters. The third-order valence-corrected chi connectivity index (χ3v) is 5.92. The number of ketones is 1. The summed E-state index contributed by atoms with van der Waals surface area (Å²) >= 11 is 0. The van der Waals surface area contributed by atoms with Crippen molar-refractivity contribution in [2.75, 3.05) is 0 Å². The van der Waals surface area contributed by atoms with E-state index in [1.807, 2.05) is 62.4 Å². The smallest absolute Gasteiger partial charge is 0.331 e. The molecule has 36 heavy (non-hydrogen) atoms. The van der Waals surface area contributed by atoms with Gasteiger partial charge in [-0.1, -0.05) is 86.0 Å². The molecule has 0 saturated carbocycles. The van der Waals surface area contributed by atoms with Crippen molar-refractivity contribution in [3.8, 4) is 0 Å². The minimum atomic E-state index is -1.65. The van der Waals surface area contributed by atoms with Crippen molar-refractivity contribution in [2.24, 2.45) is 0 Å². The molecule has 0 N–H and O–H groups in total. The molecule has 2 unspecified atom stereocenters. The first kappa shape index (κ1) is 28.2. The summed E-state index contributed by atoms with van der Waals surface area (Å²) in [5, 5.41) is 0. The molecule has 0 aliphatic carbocycles. The Morgan fingerprint density at radius 2 is 1.00 bits per heavy atom. The van der Waals surface area contributed by atoms with Crippen LogP contribution in [-0.2, 0) is 36.7 Å². The van der Waals surface area contributed by atoms with Gasteiger partial charge in [0.2, 0.25) is 5.78 Å². The van der Waals surface area contributed by atoms with E-state index in [0.717, 1.165) is 45.6 Å². The van der Waals surface area contributed by atoms with Gasteiger partial charge in [0.05, 0.1) is 0 Å². The molecule has 0 heterocycles. The lowest BCUT2D eigenvalue weighted by molar-refractivity contribution is -0.178. The Bertz CT molecular complexity index is 1090. The lowest BCUT2D eigenvalue weighted by Crippen LogP contribution is -2.56. The Morgan fingerprint density at radius 1 is 0.694 bits per heavy atom. The van der Waals surface area contributed by atoms with Crippen molar-refractivity contribution < 1.29 is 23.9 Å². The number of hydrogen-bond donors (Lipinski definition) is 0. The quantitative estimate of drug-likeness (QED) is 0.268. The summed E-state index contributed by atoms with van der Waals surface area (Å²) in [7, 11) is 0. The van der Waals surface area contributed by atoms with Crippen LogP contribution < -0.4 is 0 Å². The largest absolute Gasteiger partial charge is 0.448 e.